The normalized spacial score (nSPS) is 12.3. The van der Waals surface area contributed by atoms with Crippen molar-refractivity contribution < 1.29 is 14.7 Å². The molecule has 0 radical (unpaired) electrons. The second-order valence-electron chi connectivity index (χ2n) is 4.34. The zero-order valence-electron chi connectivity index (χ0n) is 10.3. The third-order valence-corrected chi connectivity index (χ3v) is 2.85. The maximum atomic E-state index is 10.5. The van der Waals surface area contributed by atoms with E-state index in [4.69, 9.17) is 5.11 Å². The summed E-state index contributed by atoms with van der Waals surface area (Å²) in [5, 5.41) is 8.64. The summed E-state index contributed by atoms with van der Waals surface area (Å²) < 4.78 is 0. The molecule has 0 saturated heterocycles. The third kappa shape index (κ3) is 8.45. The molecule has 16 heavy (non-hydrogen) atoms. The van der Waals surface area contributed by atoms with Crippen molar-refractivity contribution in [1.29, 1.82) is 0 Å². The molecule has 0 bridgehead atoms. The van der Waals surface area contributed by atoms with Crippen LogP contribution in [-0.2, 0) is 9.59 Å². The highest BCUT2D eigenvalue weighted by Crippen LogP contribution is 2.12. The van der Waals surface area contributed by atoms with Crippen molar-refractivity contribution in [2.24, 2.45) is 5.92 Å². The third-order valence-electron chi connectivity index (χ3n) is 2.85. The van der Waals surface area contributed by atoms with E-state index in [0.29, 0.717) is 12.7 Å². The first-order valence-corrected chi connectivity index (χ1v) is 6.40. The Balaban J connectivity index is 3.26. The van der Waals surface area contributed by atoms with E-state index in [9.17, 15) is 9.59 Å². The van der Waals surface area contributed by atoms with Crippen LogP contribution in [0.4, 0.5) is 0 Å². The van der Waals surface area contributed by atoms with Crippen LogP contribution >= 0.6 is 0 Å². The molecule has 0 amide bonds. The Labute approximate surface area is 98.2 Å². The Morgan fingerprint density at radius 1 is 1.06 bits per heavy atom. The molecular formula is C13H24O3. The molecule has 1 unspecified atom stereocenters. The number of hydrogen-bond donors (Lipinski definition) is 1. The van der Waals surface area contributed by atoms with Gasteiger partial charge in [-0.05, 0) is 6.42 Å². The van der Waals surface area contributed by atoms with Gasteiger partial charge in [0, 0.05) is 0 Å². The molecule has 3 heteroatoms. The molecule has 0 fully saturated rings. The van der Waals surface area contributed by atoms with E-state index >= 15 is 0 Å². The van der Waals surface area contributed by atoms with Crippen LogP contribution in [0.3, 0.4) is 0 Å². The SMILES string of the molecule is CCCCCCCCCCC(C=O)C(=O)O. The molecule has 0 aliphatic carbocycles. The molecule has 0 aromatic rings. The molecule has 0 aliphatic rings. The fourth-order valence-corrected chi connectivity index (χ4v) is 1.75. The van der Waals surface area contributed by atoms with Crippen LogP contribution in [0, 0.1) is 5.92 Å². The lowest BCUT2D eigenvalue weighted by atomic mass is 10.0. The molecule has 94 valence electrons. The average Bonchev–Trinajstić information content (AvgIpc) is 2.26. The minimum Gasteiger partial charge on any atom is -0.481 e. The zero-order valence-corrected chi connectivity index (χ0v) is 10.3. The van der Waals surface area contributed by atoms with Crippen molar-refractivity contribution in [3.8, 4) is 0 Å². The van der Waals surface area contributed by atoms with E-state index in [0.717, 1.165) is 19.3 Å². The summed E-state index contributed by atoms with van der Waals surface area (Å²) in [7, 11) is 0. The van der Waals surface area contributed by atoms with Crippen molar-refractivity contribution in [1.82, 2.24) is 0 Å². The van der Waals surface area contributed by atoms with Gasteiger partial charge in [0.1, 0.15) is 12.2 Å². The molecular weight excluding hydrogens is 204 g/mol. The summed E-state index contributed by atoms with van der Waals surface area (Å²) in [4.78, 5) is 20.9. The summed E-state index contributed by atoms with van der Waals surface area (Å²) >= 11 is 0. The molecule has 0 heterocycles. The van der Waals surface area contributed by atoms with E-state index < -0.39 is 11.9 Å². The standard InChI is InChI=1S/C13H24O3/c1-2-3-4-5-6-7-8-9-10-12(11-14)13(15)16/h11-12H,2-10H2,1H3,(H,15,16). The second-order valence-corrected chi connectivity index (χ2v) is 4.34. The summed E-state index contributed by atoms with van der Waals surface area (Å²) in [6.07, 6.45) is 10.5. The molecule has 0 spiro atoms. The molecule has 1 atom stereocenters. The van der Waals surface area contributed by atoms with Gasteiger partial charge in [-0.1, -0.05) is 58.3 Å². The van der Waals surface area contributed by atoms with Crippen molar-refractivity contribution in [2.45, 2.75) is 64.7 Å². The Morgan fingerprint density at radius 3 is 2.00 bits per heavy atom. The zero-order chi connectivity index (χ0) is 12.2. The van der Waals surface area contributed by atoms with Gasteiger partial charge < -0.3 is 9.90 Å². The predicted molar refractivity (Wildman–Crippen MR) is 64.4 cm³/mol. The van der Waals surface area contributed by atoms with Crippen molar-refractivity contribution in [3.63, 3.8) is 0 Å². The van der Waals surface area contributed by atoms with E-state index in [1.165, 1.54) is 32.1 Å². The Morgan fingerprint density at radius 2 is 1.56 bits per heavy atom. The first-order chi connectivity index (χ1) is 7.72. The average molecular weight is 228 g/mol. The molecule has 0 aromatic heterocycles. The number of carboxylic acids is 1. The maximum Gasteiger partial charge on any atom is 0.313 e. The maximum absolute atomic E-state index is 10.5. The fourth-order valence-electron chi connectivity index (χ4n) is 1.75. The van der Waals surface area contributed by atoms with Gasteiger partial charge in [0.25, 0.3) is 0 Å². The highest BCUT2D eigenvalue weighted by atomic mass is 16.4. The van der Waals surface area contributed by atoms with E-state index in [-0.39, 0.29) is 0 Å². The largest absolute Gasteiger partial charge is 0.481 e. The highest BCUT2D eigenvalue weighted by molar-refractivity contribution is 5.86. The lowest BCUT2D eigenvalue weighted by molar-refractivity contribution is -0.143. The van der Waals surface area contributed by atoms with E-state index in [1.54, 1.807) is 0 Å². The van der Waals surface area contributed by atoms with E-state index in [1.807, 2.05) is 0 Å². The monoisotopic (exact) mass is 228 g/mol. The molecule has 0 aliphatic heterocycles. The number of unbranched alkanes of at least 4 members (excludes halogenated alkanes) is 7. The Bertz CT molecular complexity index is 190. The van der Waals surface area contributed by atoms with Crippen molar-refractivity contribution in [3.05, 3.63) is 0 Å². The van der Waals surface area contributed by atoms with Gasteiger partial charge >= 0.3 is 5.97 Å². The van der Waals surface area contributed by atoms with Crippen molar-refractivity contribution >= 4 is 12.3 Å². The molecule has 3 nitrogen and oxygen atoms in total. The van der Waals surface area contributed by atoms with Crippen LogP contribution in [0.5, 0.6) is 0 Å². The minimum atomic E-state index is -0.988. The molecule has 0 aromatic carbocycles. The fraction of sp³-hybridized carbons (Fsp3) is 0.846. The van der Waals surface area contributed by atoms with Crippen LogP contribution in [0.1, 0.15) is 64.7 Å². The summed E-state index contributed by atoms with van der Waals surface area (Å²) in [5.41, 5.74) is 0. The Kier molecular flexibility index (Phi) is 10.1. The Hall–Kier alpha value is -0.860. The summed E-state index contributed by atoms with van der Waals surface area (Å²) in [5.74, 6) is -1.78. The predicted octanol–water partition coefficient (Wildman–Crippen LogP) is 3.42. The smallest absolute Gasteiger partial charge is 0.313 e. The number of hydrogen-bond acceptors (Lipinski definition) is 2. The van der Waals surface area contributed by atoms with Crippen LogP contribution < -0.4 is 0 Å². The topological polar surface area (TPSA) is 54.4 Å². The summed E-state index contributed by atoms with van der Waals surface area (Å²) in [6, 6.07) is 0. The number of rotatable bonds is 11. The van der Waals surface area contributed by atoms with Crippen LogP contribution in [-0.4, -0.2) is 17.4 Å². The number of carboxylic acid groups (broad SMARTS) is 1. The van der Waals surface area contributed by atoms with Gasteiger partial charge in [-0.15, -0.1) is 0 Å². The first-order valence-electron chi connectivity index (χ1n) is 6.40. The van der Waals surface area contributed by atoms with Gasteiger partial charge in [-0.2, -0.15) is 0 Å². The van der Waals surface area contributed by atoms with Crippen molar-refractivity contribution in [2.75, 3.05) is 0 Å². The van der Waals surface area contributed by atoms with Crippen LogP contribution in [0.15, 0.2) is 0 Å². The van der Waals surface area contributed by atoms with Crippen LogP contribution in [0.25, 0.3) is 0 Å². The van der Waals surface area contributed by atoms with Gasteiger partial charge in [-0.25, -0.2) is 0 Å². The van der Waals surface area contributed by atoms with E-state index in [2.05, 4.69) is 6.92 Å². The van der Waals surface area contributed by atoms with Gasteiger partial charge in [0.15, 0.2) is 0 Å². The van der Waals surface area contributed by atoms with Gasteiger partial charge in [0.05, 0.1) is 0 Å². The molecule has 0 saturated carbocycles. The minimum absolute atomic E-state index is 0.494. The number of aldehydes is 1. The van der Waals surface area contributed by atoms with Gasteiger partial charge in [-0.3, -0.25) is 4.79 Å². The first kappa shape index (κ1) is 15.1. The lowest BCUT2D eigenvalue weighted by Crippen LogP contribution is -2.14. The molecule has 1 N–H and O–H groups in total. The highest BCUT2D eigenvalue weighted by Gasteiger charge is 2.14. The number of carbonyl (C=O) groups is 2. The lowest BCUT2D eigenvalue weighted by Gasteiger charge is -2.04. The molecule has 0 rings (SSSR count). The van der Waals surface area contributed by atoms with Crippen LogP contribution in [0.2, 0.25) is 0 Å². The second kappa shape index (κ2) is 10.7. The summed E-state index contributed by atoms with van der Waals surface area (Å²) in [6.45, 7) is 2.20. The van der Waals surface area contributed by atoms with Gasteiger partial charge in [0.2, 0.25) is 0 Å². The quantitative estimate of drug-likeness (QED) is 0.335. The number of carbonyl (C=O) groups excluding carboxylic acids is 1. The number of aliphatic carboxylic acids is 1.